The Balaban J connectivity index is 0.000000606. The highest BCUT2D eigenvalue weighted by atomic mass is 19.4. The summed E-state index contributed by atoms with van der Waals surface area (Å²) in [6, 6.07) is 11.1. The molecular weight excluding hydrogens is 654 g/mol. The van der Waals surface area contributed by atoms with Crippen LogP contribution in [0.2, 0.25) is 0 Å². The van der Waals surface area contributed by atoms with Gasteiger partial charge in [-0.05, 0) is 56.3 Å². The molecule has 6 rings (SSSR count). The number of nitrogens with zero attached hydrogens (tertiary/aromatic N) is 7. The molecule has 2 N–H and O–H groups in total. The normalized spacial score (nSPS) is 13.8. The fraction of sp³-hybridized carbons (Fsp3) is 0.281. The highest BCUT2D eigenvalue weighted by Gasteiger charge is 2.38. The third-order valence-corrected chi connectivity index (χ3v) is 7.67. The van der Waals surface area contributed by atoms with E-state index >= 15 is 0 Å². The lowest BCUT2D eigenvalue weighted by molar-refractivity contribution is -0.192. The van der Waals surface area contributed by atoms with Crippen LogP contribution in [0.5, 0.6) is 5.88 Å². The van der Waals surface area contributed by atoms with E-state index in [1.54, 1.807) is 48.9 Å². The standard InChI is InChI=1S/C30H26FN7O4.C2HF3O2/c31-23-13-19(15-32)1-2-22(23)18-42-29-28(34-7-8-35-29)20-5-10-37(11-6-20)16-26-36-24-4-3-21(30(39)40)14-25(24)38(26)17-27-33-9-12-41-27;3-2(4,5)1(6)7/h1-4,7-9,12-14,20H,5-6,10-11,16-18H2,(H,39,40);(H,6,7). The molecule has 254 valence electrons. The number of hydrogen-bond donors (Lipinski definition) is 2. The van der Waals surface area contributed by atoms with Gasteiger partial charge < -0.3 is 23.9 Å². The second-order valence-corrected chi connectivity index (χ2v) is 10.9. The lowest BCUT2D eigenvalue weighted by Crippen LogP contribution is -2.33. The molecule has 0 amide bonds. The van der Waals surface area contributed by atoms with E-state index in [4.69, 9.17) is 29.3 Å². The fourth-order valence-corrected chi connectivity index (χ4v) is 5.24. The van der Waals surface area contributed by atoms with Crippen LogP contribution in [-0.4, -0.2) is 70.8 Å². The number of likely N-dealkylation sites (tertiary alicyclic amines) is 1. The van der Waals surface area contributed by atoms with E-state index in [0.717, 1.165) is 37.4 Å². The molecule has 5 aromatic rings. The van der Waals surface area contributed by atoms with E-state index in [9.17, 15) is 27.5 Å². The highest BCUT2D eigenvalue weighted by molar-refractivity contribution is 5.92. The number of benzene rings is 2. The van der Waals surface area contributed by atoms with Gasteiger partial charge in [-0.1, -0.05) is 6.07 Å². The SMILES string of the molecule is N#Cc1ccc(COc2nccnc2C2CCN(Cc3nc4ccc(C(=O)O)cc4n3Cc3ncco3)CC2)c(F)c1.O=C(O)C(F)(F)F. The first kappa shape index (κ1) is 34.4. The molecule has 0 spiro atoms. The van der Waals surface area contributed by atoms with Crippen LogP contribution in [-0.2, 0) is 24.5 Å². The number of fused-ring (bicyclic) bond motifs is 1. The number of nitriles is 1. The Bertz CT molecular complexity index is 1980. The summed E-state index contributed by atoms with van der Waals surface area (Å²) >= 11 is 0. The van der Waals surface area contributed by atoms with E-state index < -0.39 is 23.9 Å². The lowest BCUT2D eigenvalue weighted by Gasteiger charge is -2.31. The molecule has 17 heteroatoms. The van der Waals surface area contributed by atoms with Crippen molar-refractivity contribution in [2.75, 3.05) is 13.1 Å². The molecule has 49 heavy (non-hydrogen) atoms. The second-order valence-electron chi connectivity index (χ2n) is 10.9. The maximum absolute atomic E-state index is 14.4. The summed E-state index contributed by atoms with van der Waals surface area (Å²) in [7, 11) is 0. The zero-order valence-corrected chi connectivity index (χ0v) is 25.5. The van der Waals surface area contributed by atoms with Crippen molar-refractivity contribution in [1.82, 2.24) is 29.4 Å². The topological polar surface area (TPSA) is 180 Å². The molecule has 2 aromatic carbocycles. The third-order valence-electron chi connectivity index (χ3n) is 7.67. The Morgan fingerprint density at radius 3 is 2.39 bits per heavy atom. The van der Waals surface area contributed by atoms with Crippen molar-refractivity contribution >= 4 is 23.0 Å². The van der Waals surface area contributed by atoms with Crippen molar-refractivity contribution in [3.8, 4) is 11.9 Å². The monoisotopic (exact) mass is 681 g/mol. The van der Waals surface area contributed by atoms with Gasteiger partial charge in [0.2, 0.25) is 11.8 Å². The van der Waals surface area contributed by atoms with Crippen molar-refractivity contribution in [1.29, 1.82) is 5.26 Å². The molecule has 0 saturated carbocycles. The average molecular weight is 682 g/mol. The van der Waals surface area contributed by atoms with Crippen LogP contribution in [0, 0.1) is 17.1 Å². The van der Waals surface area contributed by atoms with Gasteiger partial charge in [0, 0.05) is 23.9 Å². The van der Waals surface area contributed by atoms with Crippen molar-refractivity contribution < 1.29 is 46.5 Å². The number of imidazole rings is 1. The maximum Gasteiger partial charge on any atom is 0.490 e. The Hall–Kier alpha value is -5.89. The predicted octanol–water partition coefficient (Wildman–Crippen LogP) is 5.16. The van der Waals surface area contributed by atoms with Gasteiger partial charge in [-0.25, -0.2) is 28.9 Å². The van der Waals surface area contributed by atoms with Crippen molar-refractivity contribution in [3.63, 3.8) is 0 Å². The van der Waals surface area contributed by atoms with Crippen molar-refractivity contribution in [2.24, 2.45) is 0 Å². The number of carbonyl (C=O) groups is 2. The Morgan fingerprint density at radius 2 is 1.76 bits per heavy atom. The van der Waals surface area contributed by atoms with Crippen LogP contribution in [0.3, 0.4) is 0 Å². The average Bonchev–Trinajstić information content (AvgIpc) is 3.72. The number of oxazole rings is 1. The van der Waals surface area contributed by atoms with Gasteiger partial charge in [-0.2, -0.15) is 18.4 Å². The van der Waals surface area contributed by atoms with Crippen LogP contribution in [0.25, 0.3) is 11.0 Å². The number of carboxylic acid groups (broad SMARTS) is 2. The largest absolute Gasteiger partial charge is 0.490 e. The summed E-state index contributed by atoms with van der Waals surface area (Å²) in [6.45, 7) is 2.41. The van der Waals surface area contributed by atoms with E-state index in [1.165, 1.54) is 12.3 Å². The van der Waals surface area contributed by atoms with Gasteiger partial charge in [-0.3, -0.25) is 9.88 Å². The van der Waals surface area contributed by atoms with Gasteiger partial charge in [0.05, 0.1) is 41.0 Å². The maximum atomic E-state index is 14.4. The Morgan fingerprint density at radius 1 is 1.02 bits per heavy atom. The molecule has 0 atom stereocenters. The molecule has 1 aliphatic heterocycles. The van der Waals surface area contributed by atoms with Crippen molar-refractivity contribution in [2.45, 2.75) is 44.6 Å². The summed E-state index contributed by atoms with van der Waals surface area (Å²) in [4.78, 5) is 40.8. The minimum absolute atomic E-state index is 0.0214. The van der Waals surface area contributed by atoms with Crippen LogP contribution in [0.4, 0.5) is 17.6 Å². The smallest absolute Gasteiger partial charge is 0.478 e. The first-order valence-corrected chi connectivity index (χ1v) is 14.7. The lowest BCUT2D eigenvalue weighted by atomic mass is 9.93. The van der Waals surface area contributed by atoms with E-state index in [2.05, 4.69) is 19.9 Å². The first-order chi connectivity index (χ1) is 23.4. The molecule has 0 radical (unpaired) electrons. The van der Waals surface area contributed by atoms with E-state index in [0.29, 0.717) is 41.5 Å². The molecule has 0 unspecified atom stereocenters. The number of piperidine rings is 1. The minimum Gasteiger partial charge on any atom is -0.478 e. The number of carboxylic acids is 2. The number of hydrogen-bond acceptors (Lipinski definition) is 10. The number of aromatic nitrogens is 5. The first-order valence-electron chi connectivity index (χ1n) is 14.7. The molecular formula is C32H27F4N7O6. The van der Waals surface area contributed by atoms with Gasteiger partial charge in [0.1, 0.15) is 36.8 Å². The number of ether oxygens (including phenoxy) is 1. The molecule has 0 aliphatic carbocycles. The van der Waals surface area contributed by atoms with Crippen LogP contribution in [0.1, 0.15) is 57.7 Å². The van der Waals surface area contributed by atoms with Gasteiger partial charge in [0.25, 0.3) is 0 Å². The van der Waals surface area contributed by atoms with Gasteiger partial charge in [-0.15, -0.1) is 0 Å². The fourth-order valence-electron chi connectivity index (χ4n) is 5.24. The van der Waals surface area contributed by atoms with E-state index in [-0.39, 0.29) is 23.7 Å². The van der Waals surface area contributed by atoms with Gasteiger partial charge >= 0.3 is 18.1 Å². The van der Waals surface area contributed by atoms with Crippen LogP contribution in [0.15, 0.2) is 65.7 Å². The molecule has 0 bridgehead atoms. The molecule has 3 aromatic heterocycles. The van der Waals surface area contributed by atoms with Gasteiger partial charge in [0.15, 0.2) is 0 Å². The summed E-state index contributed by atoms with van der Waals surface area (Å²) < 4.78 is 59.4. The van der Waals surface area contributed by atoms with Crippen molar-refractivity contribution in [3.05, 3.63) is 101 Å². The van der Waals surface area contributed by atoms with Crippen LogP contribution < -0.4 is 4.74 Å². The number of aliphatic carboxylic acids is 1. The molecule has 1 aliphatic rings. The quantitative estimate of drug-likeness (QED) is 0.195. The third kappa shape index (κ3) is 8.53. The number of rotatable bonds is 9. The minimum atomic E-state index is -5.08. The summed E-state index contributed by atoms with van der Waals surface area (Å²) in [5.74, 6) is -2.47. The van der Waals surface area contributed by atoms with E-state index in [1.807, 2.05) is 10.6 Å². The summed E-state index contributed by atoms with van der Waals surface area (Å²) in [5.41, 5.74) is 2.93. The molecule has 13 nitrogen and oxygen atoms in total. The highest BCUT2D eigenvalue weighted by Crippen LogP contribution is 2.33. The second kappa shape index (κ2) is 14.9. The Kier molecular flexibility index (Phi) is 10.5. The summed E-state index contributed by atoms with van der Waals surface area (Å²) in [5, 5.41) is 25.6. The number of alkyl halides is 3. The predicted molar refractivity (Wildman–Crippen MR) is 161 cm³/mol. The molecule has 4 heterocycles. The molecule has 1 saturated heterocycles. The zero-order chi connectivity index (χ0) is 35.1. The zero-order valence-electron chi connectivity index (χ0n) is 25.5. The number of aromatic carboxylic acids is 1. The molecule has 1 fully saturated rings. The Labute approximate surface area is 275 Å². The number of halogens is 4. The summed E-state index contributed by atoms with van der Waals surface area (Å²) in [6.07, 6.45) is 2.80. The van der Waals surface area contributed by atoms with Crippen LogP contribution >= 0.6 is 0 Å².